The van der Waals surface area contributed by atoms with Crippen molar-refractivity contribution in [2.45, 2.75) is 0 Å². The second kappa shape index (κ2) is 13.2. The van der Waals surface area contributed by atoms with Crippen molar-refractivity contribution in [1.82, 2.24) is 24.9 Å². The molecule has 7 aromatic carbocycles. The molecule has 6 nitrogen and oxygen atoms in total. The van der Waals surface area contributed by atoms with Gasteiger partial charge in [0.05, 0.1) is 21.5 Å². The molecule has 56 heavy (non-hydrogen) atoms. The Bertz CT molecular complexity index is 3250. The normalized spacial score (nSPS) is 11.6. The van der Waals surface area contributed by atoms with Crippen LogP contribution in [0.3, 0.4) is 0 Å². The molecule has 0 N–H and O–H groups in total. The second-order valence-corrected chi connectivity index (χ2v) is 14.7. The van der Waals surface area contributed by atoms with Crippen molar-refractivity contribution in [2.24, 2.45) is 0 Å². The Balaban J connectivity index is 1.07. The van der Waals surface area contributed by atoms with E-state index < -0.39 is 0 Å². The number of para-hydroxylation sites is 1. The Hall–Kier alpha value is -7.35. The van der Waals surface area contributed by atoms with Crippen LogP contribution >= 0.6 is 11.3 Å². The lowest BCUT2D eigenvalue weighted by Gasteiger charge is -2.10. The molecule has 11 rings (SSSR count). The molecular formula is C49H29N5OS. The number of benzene rings is 7. The molecule has 0 bridgehead atoms. The number of rotatable bonds is 6. The van der Waals surface area contributed by atoms with Gasteiger partial charge in [0.15, 0.2) is 23.3 Å². The van der Waals surface area contributed by atoms with Gasteiger partial charge in [-0.15, -0.1) is 11.3 Å². The van der Waals surface area contributed by atoms with Gasteiger partial charge in [0.25, 0.3) is 0 Å². The van der Waals surface area contributed by atoms with Crippen LogP contribution in [0.1, 0.15) is 0 Å². The van der Waals surface area contributed by atoms with Crippen LogP contribution in [0.15, 0.2) is 180 Å². The highest BCUT2D eigenvalue weighted by atomic mass is 32.1. The highest BCUT2D eigenvalue weighted by Gasteiger charge is 2.20. The van der Waals surface area contributed by atoms with Crippen LogP contribution in [0.4, 0.5) is 0 Å². The first-order valence-corrected chi connectivity index (χ1v) is 19.2. The Morgan fingerprint density at radius 3 is 1.77 bits per heavy atom. The maximum Gasteiger partial charge on any atom is 0.167 e. The van der Waals surface area contributed by atoms with E-state index in [-0.39, 0.29) is 0 Å². The molecule has 0 aliphatic carbocycles. The van der Waals surface area contributed by atoms with E-state index in [1.807, 2.05) is 84.9 Å². The molecule has 0 radical (unpaired) electrons. The summed E-state index contributed by atoms with van der Waals surface area (Å²) in [5.41, 5.74) is 10.1. The van der Waals surface area contributed by atoms with Crippen molar-refractivity contribution in [3.05, 3.63) is 176 Å². The van der Waals surface area contributed by atoms with E-state index in [0.717, 1.165) is 76.6 Å². The third-order valence-electron chi connectivity index (χ3n) is 10.2. The summed E-state index contributed by atoms with van der Waals surface area (Å²) in [4.78, 5) is 25.5. The Labute approximate surface area is 325 Å². The summed E-state index contributed by atoms with van der Waals surface area (Å²) in [5.74, 6) is 2.36. The van der Waals surface area contributed by atoms with Crippen LogP contribution in [-0.4, -0.2) is 24.9 Å². The lowest BCUT2D eigenvalue weighted by Crippen LogP contribution is -2.00. The summed E-state index contributed by atoms with van der Waals surface area (Å²) in [6, 6.07) is 59.8. The molecular weight excluding hydrogens is 707 g/mol. The van der Waals surface area contributed by atoms with Gasteiger partial charge in [-0.3, -0.25) is 0 Å². The van der Waals surface area contributed by atoms with Crippen LogP contribution in [0.5, 0.6) is 0 Å². The minimum absolute atomic E-state index is 0.537. The van der Waals surface area contributed by atoms with E-state index in [4.69, 9.17) is 29.3 Å². The summed E-state index contributed by atoms with van der Waals surface area (Å²) in [6.45, 7) is 0. The molecule has 0 amide bonds. The van der Waals surface area contributed by atoms with Gasteiger partial charge in [-0.25, -0.2) is 24.9 Å². The van der Waals surface area contributed by atoms with Gasteiger partial charge in [0, 0.05) is 43.1 Å². The molecule has 0 unspecified atom stereocenters. The van der Waals surface area contributed by atoms with E-state index >= 15 is 0 Å². The molecule has 4 aromatic heterocycles. The fourth-order valence-electron chi connectivity index (χ4n) is 7.44. The van der Waals surface area contributed by atoms with Crippen LogP contribution < -0.4 is 0 Å². The predicted octanol–water partition coefficient (Wildman–Crippen LogP) is 12.9. The molecule has 0 aliphatic heterocycles. The highest BCUT2D eigenvalue weighted by molar-refractivity contribution is 7.26. The van der Waals surface area contributed by atoms with Crippen LogP contribution in [0, 0.1) is 0 Å². The lowest BCUT2D eigenvalue weighted by atomic mass is 10.0. The molecule has 0 atom stereocenters. The number of fused-ring (bicyclic) bond motifs is 6. The number of thiophene rings is 1. The Kier molecular flexibility index (Phi) is 7.57. The molecule has 262 valence electrons. The number of nitrogens with zero attached hydrogens (tertiary/aromatic N) is 5. The van der Waals surface area contributed by atoms with Crippen LogP contribution in [0.2, 0.25) is 0 Å². The molecule has 7 heteroatoms. The summed E-state index contributed by atoms with van der Waals surface area (Å²) in [5, 5.41) is 3.09. The van der Waals surface area contributed by atoms with Crippen LogP contribution in [0.25, 0.3) is 110 Å². The molecule has 0 spiro atoms. The number of hydrogen-bond donors (Lipinski definition) is 0. The zero-order chi connectivity index (χ0) is 37.0. The van der Waals surface area contributed by atoms with E-state index in [2.05, 4.69) is 91.0 Å². The largest absolute Gasteiger partial charge is 0.455 e. The molecule has 0 fully saturated rings. The first-order valence-electron chi connectivity index (χ1n) is 18.4. The SMILES string of the molecule is c1ccc(-c2cccc(-c3nc(-c4ccccc4)nc(-c4cccc5c4oc4cc(-c6nc(-c7ccccc7)c7sc8ccccc8c7n6)ccc45)n3)c2)cc1. The van der Waals surface area contributed by atoms with Gasteiger partial charge < -0.3 is 4.42 Å². The van der Waals surface area contributed by atoms with Crippen molar-refractivity contribution < 1.29 is 4.42 Å². The zero-order valence-corrected chi connectivity index (χ0v) is 30.6. The van der Waals surface area contributed by atoms with Crippen molar-refractivity contribution >= 4 is 53.6 Å². The summed E-state index contributed by atoms with van der Waals surface area (Å²) in [6.07, 6.45) is 0. The maximum atomic E-state index is 6.77. The first-order chi connectivity index (χ1) is 27.7. The topological polar surface area (TPSA) is 77.6 Å². The van der Waals surface area contributed by atoms with Crippen LogP contribution in [-0.2, 0) is 0 Å². The predicted molar refractivity (Wildman–Crippen MR) is 228 cm³/mol. The molecule has 0 saturated heterocycles. The third-order valence-corrected chi connectivity index (χ3v) is 11.3. The fourth-order valence-corrected chi connectivity index (χ4v) is 8.59. The minimum atomic E-state index is 0.537. The van der Waals surface area contributed by atoms with Gasteiger partial charge in [-0.05, 0) is 41.5 Å². The second-order valence-electron chi connectivity index (χ2n) is 13.7. The van der Waals surface area contributed by atoms with E-state index in [0.29, 0.717) is 28.9 Å². The monoisotopic (exact) mass is 735 g/mol. The molecule has 0 saturated carbocycles. The summed E-state index contributed by atoms with van der Waals surface area (Å²) < 4.78 is 9.04. The highest BCUT2D eigenvalue weighted by Crippen LogP contribution is 2.41. The smallest absolute Gasteiger partial charge is 0.167 e. The minimum Gasteiger partial charge on any atom is -0.455 e. The molecule has 0 aliphatic rings. The van der Waals surface area contributed by atoms with Crippen molar-refractivity contribution in [1.29, 1.82) is 0 Å². The van der Waals surface area contributed by atoms with Crippen molar-refractivity contribution in [3.8, 4) is 67.9 Å². The van der Waals surface area contributed by atoms with Gasteiger partial charge >= 0.3 is 0 Å². The maximum absolute atomic E-state index is 6.77. The third kappa shape index (κ3) is 5.52. The molecule has 4 heterocycles. The number of furan rings is 1. The van der Waals surface area contributed by atoms with Gasteiger partial charge in [-0.1, -0.05) is 146 Å². The van der Waals surface area contributed by atoms with Gasteiger partial charge in [0.2, 0.25) is 0 Å². The lowest BCUT2D eigenvalue weighted by molar-refractivity contribution is 0.669. The average molecular weight is 736 g/mol. The molecule has 11 aromatic rings. The summed E-state index contributed by atoms with van der Waals surface area (Å²) >= 11 is 1.73. The first kappa shape index (κ1) is 32.1. The fraction of sp³-hybridized carbons (Fsp3) is 0. The number of aromatic nitrogens is 5. The zero-order valence-electron chi connectivity index (χ0n) is 29.8. The Morgan fingerprint density at radius 2 is 0.964 bits per heavy atom. The number of hydrogen-bond acceptors (Lipinski definition) is 7. The van der Waals surface area contributed by atoms with Crippen molar-refractivity contribution in [3.63, 3.8) is 0 Å². The average Bonchev–Trinajstić information content (AvgIpc) is 3.85. The quantitative estimate of drug-likeness (QED) is 0.169. The van der Waals surface area contributed by atoms with E-state index in [1.54, 1.807) is 11.3 Å². The van der Waals surface area contributed by atoms with E-state index in [9.17, 15) is 0 Å². The van der Waals surface area contributed by atoms with Crippen molar-refractivity contribution in [2.75, 3.05) is 0 Å². The van der Waals surface area contributed by atoms with E-state index in [1.165, 1.54) is 4.70 Å². The summed E-state index contributed by atoms with van der Waals surface area (Å²) in [7, 11) is 0. The Morgan fingerprint density at radius 1 is 0.375 bits per heavy atom. The standard InChI is InChI=1S/C49H29N5OS/c1-4-14-30(15-5-1)33-20-12-21-34(28-33)48-52-46(32-18-8-3-9-19-32)53-49(54-48)39-24-13-23-37-36-27-26-35(29-40(36)55-44(37)39)47-50-42(31-16-6-2-7-17-31)45-43(51-47)38-22-10-11-25-41(38)56-45/h1-29H. The van der Waals surface area contributed by atoms with Gasteiger partial charge in [-0.2, -0.15) is 0 Å². The van der Waals surface area contributed by atoms with Gasteiger partial charge in [0.1, 0.15) is 11.2 Å².